The molecule has 1 heterocycles. The minimum Gasteiger partial charge on any atom is -0.481 e. The third-order valence-electron chi connectivity index (χ3n) is 3.57. The number of hydrogen-bond acceptors (Lipinski definition) is 3. The van der Waals surface area contributed by atoms with Crippen LogP contribution in [-0.2, 0) is 9.53 Å². The van der Waals surface area contributed by atoms with E-state index in [1.807, 2.05) is 0 Å². The average Bonchev–Trinajstić information content (AvgIpc) is 2.42. The highest BCUT2D eigenvalue weighted by Gasteiger charge is 2.37. The second kappa shape index (κ2) is 6.35. The second-order valence-corrected chi connectivity index (χ2v) is 5.16. The summed E-state index contributed by atoms with van der Waals surface area (Å²) in [4.78, 5) is 23.1. The van der Waals surface area contributed by atoms with E-state index in [1.54, 1.807) is 0 Å². The molecule has 120 valence electrons. The lowest BCUT2D eigenvalue weighted by molar-refractivity contribution is -0.139. The maximum absolute atomic E-state index is 13.6. The lowest BCUT2D eigenvalue weighted by atomic mass is 9.86. The number of carbonyl (C=O) groups is 2. The summed E-state index contributed by atoms with van der Waals surface area (Å²) in [6.07, 6.45) is 0.0973. The van der Waals surface area contributed by atoms with Crippen molar-refractivity contribution in [2.45, 2.75) is 24.8 Å². The number of amides is 1. The quantitative estimate of drug-likeness (QED) is 0.831. The van der Waals surface area contributed by atoms with Gasteiger partial charge in [0.2, 0.25) is 0 Å². The summed E-state index contributed by atoms with van der Waals surface area (Å²) in [6.45, 7) is 0.488. The maximum atomic E-state index is 13.6. The second-order valence-electron chi connectivity index (χ2n) is 5.16. The Kier molecular flexibility index (Phi) is 4.70. The first-order chi connectivity index (χ1) is 10.3. The van der Waals surface area contributed by atoms with Crippen molar-refractivity contribution in [3.8, 4) is 0 Å². The number of benzene rings is 1. The third kappa shape index (κ3) is 3.56. The van der Waals surface area contributed by atoms with Crippen molar-refractivity contribution in [2.24, 2.45) is 0 Å². The van der Waals surface area contributed by atoms with E-state index in [4.69, 9.17) is 9.84 Å². The molecule has 22 heavy (non-hydrogen) atoms. The maximum Gasteiger partial charge on any atom is 0.305 e. The van der Waals surface area contributed by atoms with Crippen molar-refractivity contribution in [1.29, 1.82) is 0 Å². The van der Waals surface area contributed by atoms with Gasteiger partial charge in [-0.05, 0) is 18.9 Å². The van der Waals surface area contributed by atoms with E-state index in [1.165, 1.54) is 0 Å². The number of ether oxygens (including phenoxy) is 1. The summed E-state index contributed by atoms with van der Waals surface area (Å²) in [6, 6.07) is 0.728. The highest BCUT2D eigenvalue weighted by atomic mass is 19.2. The van der Waals surface area contributed by atoms with Crippen LogP contribution in [0.2, 0.25) is 0 Å². The summed E-state index contributed by atoms with van der Waals surface area (Å²) < 4.78 is 44.8. The predicted octanol–water partition coefficient (Wildman–Crippen LogP) is 1.86. The molecule has 1 aromatic carbocycles. The van der Waals surface area contributed by atoms with E-state index in [-0.39, 0.29) is 38.5 Å². The Hall–Kier alpha value is -2.09. The van der Waals surface area contributed by atoms with Crippen molar-refractivity contribution in [2.75, 3.05) is 13.2 Å². The van der Waals surface area contributed by atoms with Gasteiger partial charge in [0.1, 0.15) is 5.82 Å². The monoisotopic (exact) mass is 317 g/mol. The van der Waals surface area contributed by atoms with Gasteiger partial charge in [0.15, 0.2) is 11.6 Å². The lowest BCUT2D eigenvalue weighted by Crippen LogP contribution is -2.53. The fourth-order valence-corrected chi connectivity index (χ4v) is 2.40. The van der Waals surface area contributed by atoms with Gasteiger partial charge < -0.3 is 15.2 Å². The molecule has 5 nitrogen and oxygen atoms in total. The third-order valence-corrected chi connectivity index (χ3v) is 3.57. The number of carboxylic acids is 1. The molecule has 0 atom stereocenters. The zero-order valence-electron chi connectivity index (χ0n) is 11.5. The van der Waals surface area contributed by atoms with Crippen LogP contribution < -0.4 is 5.32 Å². The van der Waals surface area contributed by atoms with E-state index >= 15 is 0 Å². The topological polar surface area (TPSA) is 75.6 Å². The summed E-state index contributed by atoms with van der Waals surface area (Å²) in [5.41, 5.74) is -1.77. The number of nitrogens with one attached hydrogen (secondary N) is 1. The molecule has 2 N–H and O–H groups in total. The van der Waals surface area contributed by atoms with Crippen LogP contribution in [-0.4, -0.2) is 35.7 Å². The molecule has 0 radical (unpaired) electrons. The first-order valence-corrected chi connectivity index (χ1v) is 6.60. The van der Waals surface area contributed by atoms with Crippen LogP contribution in [0.1, 0.15) is 29.6 Å². The first-order valence-electron chi connectivity index (χ1n) is 6.60. The van der Waals surface area contributed by atoms with Crippen molar-refractivity contribution in [3.63, 3.8) is 0 Å². The molecule has 2 rings (SSSR count). The Balaban J connectivity index is 2.24. The molecule has 0 bridgehead atoms. The molecule has 1 saturated heterocycles. The SMILES string of the molecule is O=C(O)CC1(NC(=O)c2cc(F)c(F)cc2F)CCOCC1. The van der Waals surface area contributed by atoms with Crippen molar-refractivity contribution in [1.82, 2.24) is 5.32 Å². The van der Waals surface area contributed by atoms with Gasteiger partial charge in [-0.1, -0.05) is 0 Å². The van der Waals surface area contributed by atoms with Gasteiger partial charge in [0.25, 0.3) is 5.91 Å². The van der Waals surface area contributed by atoms with Crippen molar-refractivity contribution >= 4 is 11.9 Å². The molecule has 1 aliphatic rings. The standard InChI is InChI=1S/C14H14F3NO4/c15-9-6-11(17)10(16)5-8(9)13(21)18-14(7-12(19)20)1-3-22-4-2-14/h5-6H,1-4,7H2,(H,18,21)(H,19,20). The molecular weight excluding hydrogens is 303 g/mol. The highest BCUT2D eigenvalue weighted by molar-refractivity contribution is 5.95. The number of carboxylic acid groups (broad SMARTS) is 1. The van der Waals surface area contributed by atoms with Gasteiger partial charge in [-0.3, -0.25) is 9.59 Å². The Morgan fingerprint density at radius 1 is 1.14 bits per heavy atom. The van der Waals surface area contributed by atoms with E-state index in [0.29, 0.717) is 6.07 Å². The number of rotatable bonds is 4. The highest BCUT2D eigenvalue weighted by Crippen LogP contribution is 2.26. The predicted molar refractivity (Wildman–Crippen MR) is 68.8 cm³/mol. The van der Waals surface area contributed by atoms with Crippen LogP contribution in [0.4, 0.5) is 13.2 Å². The molecule has 0 aliphatic carbocycles. The molecule has 0 spiro atoms. The van der Waals surface area contributed by atoms with E-state index < -0.39 is 40.4 Å². The van der Waals surface area contributed by atoms with E-state index in [0.717, 1.165) is 0 Å². The summed E-state index contributed by atoms with van der Waals surface area (Å²) >= 11 is 0. The van der Waals surface area contributed by atoms with Gasteiger partial charge in [-0.25, -0.2) is 13.2 Å². The van der Waals surface area contributed by atoms with Crippen LogP contribution in [0.5, 0.6) is 0 Å². The Bertz CT molecular complexity index is 600. The Morgan fingerprint density at radius 3 is 2.32 bits per heavy atom. The van der Waals surface area contributed by atoms with Crippen molar-refractivity contribution in [3.05, 3.63) is 35.1 Å². The fraction of sp³-hybridized carbons (Fsp3) is 0.429. The normalized spacial score (nSPS) is 17.0. The molecule has 0 aromatic heterocycles. The first kappa shape index (κ1) is 16.3. The molecule has 8 heteroatoms. The Labute approximate surface area is 124 Å². The van der Waals surface area contributed by atoms with Gasteiger partial charge in [0.05, 0.1) is 17.5 Å². The molecule has 1 aliphatic heterocycles. The van der Waals surface area contributed by atoms with Crippen LogP contribution in [0.25, 0.3) is 0 Å². The summed E-state index contributed by atoms with van der Waals surface area (Å²) in [7, 11) is 0. The number of hydrogen-bond donors (Lipinski definition) is 2. The number of aliphatic carboxylic acids is 1. The van der Waals surface area contributed by atoms with Crippen LogP contribution in [0.15, 0.2) is 12.1 Å². The number of carbonyl (C=O) groups excluding carboxylic acids is 1. The van der Waals surface area contributed by atoms with E-state index in [2.05, 4.69) is 5.32 Å². The van der Waals surface area contributed by atoms with Crippen LogP contribution >= 0.6 is 0 Å². The molecule has 0 saturated carbocycles. The van der Waals surface area contributed by atoms with Gasteiger partial charge in [0, 0.05) is 19.3 Å². The minimum absolute atomic E-state index is 0.232. The van der Waals surface area contributed by atoms with Gasteiger partial charge in [-0.15, -0.1) is 0 Å². The minimum atomic E-state index is -1.40. The molecule has 1 amide bonds. The zero-order chi connectivity index (χ0) is 16.3. The number of halogens is 3. The smallest absolute Gasteiger partial charge is 0.305 e. The van der Waals surface area contributed by atoms with Gasteiger partial charge in [-0.2, -0.15) is 0 Å². The molecule has 1 fully saturated rings. The van der Waals surface area contributed by atoms with Crippen LogP contribution in [0.3, 0.4) is 0 Å². The zero-order valence-corrected chi connectivity index (χ0v) is 11.5. The summed E-state index contributed by atoms with van der Waals surface area (Å²) in [5.74, 6) is -6.09. The lowest BCUT2D eigenvalue weighted by Gasteiger charge is -2.36. The average molecular weight is 317 g/mol. The summed E-state index contributed by atoms with van der Waals surface area (Å²) in [5, 5.41) is 11.4. The Morgan fingerprint density at radius 2 is 1.73 bits per heavy atom. The van der Waals surface area contributed by atoms with Crippen LogP contribution in [0, 0.1) is 17.5 Å². The largest absolute Gasteiger partial charge is 0.481 e. The molecule has 0 unspecified atom stereocenters. The van der Waals surface area contributed by atoms with Crippen molar-refractivity contribution < 1.29 is 32.6 Å². The van der Waals surface area contributed by atoms with Gasteiger partial charge >= 0.3 is 5.97 Å². The molecule has 1 aromatic rings. The van der Waals surface area contributed by atoms with E-state index in [9.17, 15) is 22.8 Å². The fourth-order valence-electron chi connectivity index (χ4n) is 2.40. The molecular formula is C14H14F3NO4.